The van der Waals surface area contributed by atoms with Crippen molar-refractivity contribution in [3.63, 3.8) is 0 Å². The van der Waals surface area contributed by atoms with Gasteiger partial charge in [-0.25, -0.2) is 0 Å². The van der Waals surface area contributed by atoms with Crippen LogP contribution in [-0.4, -0.2) is 30.0 Å². The van der Waals surface area contributed by atoms with E-state index in [1.54, 1.807) is 25.1 Å². The van der Waals surface area contributed by atoms with Gasteiger partial charge in [-0.3, -0.25) is 9.59 Å². The zero-order chi connectivity index (χ0) is 18.1. The summed E-state index contributed by atoms with van der Waals surface area (Å²) in [6.45, 7) is 2.07. The standard InChI is InChI=1S/C18H18ClNO4S/c1-2-23-18(22)12-25-11-17(21)20-15-10-13(19)8-9-16(15)24-14-6-4-3-5-7-14/h3-10H,2,11-12H2,1H3,(H,20,21). The molecule has 0 saturated carbocycles. The van der Waals surface area contributed by atoms with E-state index in [-0.39, 0.29) is 23.4 Å². The molecule has 0 aliphatic heterocycles. The third-order valence-electron chi connectivity index (χ3n) is 2.95. The first-order valence-corrected chi connectivity index (χ1v) is 9.17. The summed E-state index contributed by atoms with van der Waals surface area (Å²) in [5.41, 5.74) is 0.470. The number of thioether (sulfide) groups is 1. The van der Waals surface area contributed by atoms with Crippen LogP contribution in [0.2, 0.25) is 5.02 Å². The van der Waals surface area contributed by atoms with Crippen molar-refractivity contribution in [3.8, 4) is 11.5 Å². The van der Waals surface area contributed by atoms with Gasteiger partial charge in [-0.15, -0.1) is 11.8 Å². The Kier molecular flexibility index (Phi) is 7.63. The Bertz CT molecular complexity index is 724. The highest BCUT2D eigenvalue weighted by Crippen LogP contribution is 2.32. The van der Waals surface area contributed by atoms with E-state index in [4.69, 9.17) is 21.1 Å². The molecule has 0 atom stereocenters. The van der Waals surface area contributed by atoms with Crippen molar-refractivity contribution in [2.24, 2.45) is 0 Å². The zero-order valence-corrected chi connectivity index (χ0v) is 15.2. The van der Waals surface area contributed by atoms with Crippen LogP contribution < -0.4 is 10.1 Å². The summed E-state index contributed by atoms with van der Waals surface area (Å²) in [6, 6.07) is 14.2. The molecule has 0 bridgehead atoms. The lowest BCUT2D eigenvalue weighted by atomic mass is 10.3. The van der Waals surface area contributed by atoms with Crippen LogP contribution in [0.3, 0.4) is 0 Å². The van der Waals surface area contributed by atoms with Crippen LogP contribution in [0.4, 0.5) is 5.69 Å². The lowest BCUT2D eigenvalue weighted by Crippen LogP contribution is -2.16. The number of hydrogen-bond acceptors (Lipinski definition) is 5. The third-order valence-corrected chi connectivity index (χ3v) is 4.09. The largest absolute Gasteiger partial charge is 0.465 e. The predicted octanol–water partition coefficient (Wildman–Crippen LogP) is 4.37. The number of esters is 1. The summed E-state index contributed by atoms with van der Waals surface area (Å²) < 4.78 is 10.6. The maximum atomic E-state index is 12.1. The average molecular weight is 380 g/mol. The van der Waals surface area contributed by atoms with Crippen LogP contribution in [0.25, 0.3) is 0 Å². The molecule has 0 spiro atoms. The fraction of sp³-hybridized carbons (Fsp3) is 0.222. The van der Waals surface area contributed by atoms with Gasteiger partial charge in [0.15, 0.2) is 5.75 Å². The molecule has 1 N–H and O–H groups in total. The second-order valence-corrected chi connectivity index (χ2v) is 6.32. The van der Waals surface area contributed by atoms with Gasteiger partial charge in [-0.2, -0.15) is 0 Å². The number of nitrogens with one attached hydrogen (secondary N) is 1. The molecule has 5 nitrogen and oxygen atoms in total. The van der Waals surface area contributed by atoms with E-state index >= 15 is 0 Å². The van der Waals surface area contributed by atoms with Gasteiger partial charge in [0.05, 0.1) is 23.8 Å². The molecular formula is C18H18ClNO4S. The smallest absolute Gasteiger partial charge is 0.315 e. The normalized spacial score (nSPS) is 10.2. The van der Waals surface area contributed by atoms with E-state index in [0.29, 0.717) is 28.8 Å². The number of amides is 1. The number of carbonyl (C=O) groups excluding carboxylic acids is 2. The number of rotatable bonds is 8. The monoisotopic (exact) mass is 379 g/mol. The molecule has 7 heteroatoms. The number of hydrogen-bond donors (Lipinski definition) is 1. The molecule has 2 aromatic rings. The molecule has 0 heterocycles. The molecular weight excluding hydrogens is 362 g/mol. The number of carbonyl (C=O) groups is 2. The van der Waals surface area contributed by atoms with Gasteiger partial charge in [0.1, 0.15) is 5.75 Å². The SMILES string of the molecule is CCOC(=O)CSCC(=O)Nc1cc(Cl)ccc1Oc1ccccc1. The molecule has 0 unspecified atom stereocenters. The molecule has 1 amide bonds. The molecule has 25 heavy (non-hydrogen) atoms. The first-order valence-electron chi connectivity index (χ1n) is 7.64. The number of ether oxygens (including phenoxy) is 2. The Balaban J connectivity index is 1.97. The summed E-state index contributed by atoms with van der Waals surface area (Å²) in [6.07, 6.45) is 0. The Morgan fingerprint density at radius 1 is 1.12 bits per heavy atom. The Hall–Kier alpha value is -2.18. The van der Waals surface area contributed by atoms with Gasteiger partial charge >= 0.3 is 5.97 Å². The second kappa shape index (κ2) is 9.96. The quantitative estimate of drug-likeness (QED) is 0.690. The second-order valence-electron chi connectivity index (χ2n) is 4.90. The number of anilines is 1. The van der Waals surface area contributed by atoms with Gasteiger partial charge < -0.3 is 14.8 Å². The van der Waals surface area contributed by atoms with E-state index in [9.17, 15) is 9.59 Å². The lowest BCUT2D eigenvalue weighted by Gasteiger charge is -2.12. The summed E-state index contributed by atoms with van der Waals surface area (Å²) in [7, 11) is 0. The summed E-state index contributed by atoms with van der Waals surface area (Å²) >= 11 is 7.19. The van der Waals surface area contributed by atoms with Crippen molar-refractivity contribution in [3.05, 3.63) is 53.6 Å². The molecule has 0 aliphatic carbocycles. The van der Waals surface area contributed by atoms with Crippen LogP contribution in [0, 0.1) is 0 Å². The highest BCUT2D eigenvalue weighted by Gasteiger charge is 2.11. The Morgan fingerprint density at radius 2 is 1.88 bits per heavy atom. The molecule has 0 aromatic heterocycles. The highest BCUT2D eigenvalue weighted by atomic mass is 35.5. The van der Waals surface area contributed by atoms with E-state index in [0.717, 1.165) is 0 Å². The first kappa shape index (κ1) is 19.1. The molecule has 0 radical (unpaired) electrons. The molecule has 0 fully saturated rings. The van der Waals surface area contributed by atoms with Crippen molar-refractivity contribution in [2.75, 3.05) is 23.4 Å². The van der Waals surface area contributed by atoms with E-state index in [1.807, 2.05) is 30.3 Å². The van der Waals surface area contributed by atoms with Crippen LogP contribution in [0.5, 0.6) is 11.5 Å². The predicted molar refractivity (Wildman–Crippen MR) is 101 cm³/mol. The average Bonchev–Trinajstić information content (AvgIpc) is 2.58. The zero-order valence-electron chi connectivity index (χ0n) is 13.7. The highest BCUT2D eigenvalue weighted by molar-refractivity contribution is 8.00. The maximum absolute atomic E-state index is 12.1. The first-order chi connectivity index (χ1) is 12.1. The Labute approximate surface area is 155 Å². The van der Waals surface area contributed by atoms with Crippen LogP contribution in [-0.2, 0) is 14.3 Å². The molecule has 0 saturated heterocycles. The maximum Gasteiger partial charge on any atom is 0.315 e. The van der Waals surface area contributed by atoms with Crippen LogP contribution in [0.15, 0.2) is 48.5 Å². The van der Waals surface area contributed by atoms with Gasteiger partial charge in [-0.1, -0.05) is 29.8 Å². The van der Waals surface area contributed by atoms with E-state index in [2.05, 4.69) is 5.32 Å². The van der Waals surface area contributed by atoms with Crippen molar-refractivity contribution < 1.29 is 19.1 Å². The molecule has 132 valence electrons. The molecule has 2 rings (SSSR count). The van der Waals surface area contributed by atoms with Gasteiger partial charge in [0.25, 0.3) is 0 Å². The third kappa shape index (κ3) is 6.68. The van der Waals surface area contributed by atoms with Gasteiger partial charge in [0.2, 0.25) is 5.91 Å². The number of benzene rings is 2. The van der Waals surface area contributed by atoms with E-state index < -0.39 is 0 Å². The minimum absolute atomic E-state index is 0.121. The fourth-order valence-corrected chi connectivity index (χ4v) is 2.70. The summed E-state index contributed by atoms with van der Waals surface area (Å²) in [5.74, 6) is 0.794. The topological polar surface area (TPSA) is 64.6 Å². The van der Waals surface area contributed by atoms with Gasteiger partial charge in [-0.05, 0) is 37.3 Å². The van der Waals surface area contributed by atoms with Crippen molar-refractivity contribution in [2.45, 2.75) is 6.92 Å². The van der Waals surface area contributed by atoms with Crippen LogP contribution in [0.1, 0.15) is 6.92 Å². The van der Waals surface area contributed by atoms with Crippen molar-refractivity contribution >= 4 is 40.9 Å². The number of halogens is 1. The molecule has 2 aromatic carbocycles. The number of para-hydroxylation sites is 1. The summed E-state index contributed by atoms with van der Waals surface area (Å²) in [5, 5.41) is 3.24. The fourth-order valence-electron chi connectivity index (χ4n) is 1.92. The lowest BCUT2D eigenvalue weighted by molar-refractivity contribution is -0.139. The van der Waals surface area contributed by atoms with Gasteiger partial charge in [0, 0.05) is 5.02 Å². The molecule has 0 aliphatic rings. The summed E-state index contributed by atoms with van der Waals surface area (Å²) in [4.78, 5) is 23.4. The Morgan fingerprint density at radius 3 is 2.60 bits per heavy atom. The minimum Gasteiger partial charge on any atom is -0.465 e. The van der Waals surface area contributed by atoms with Crippen LogP contribution >= 0.6 is 23.4 Å². The van der Waals surface area contributed by atoms with Crippen molar-refractivity contribution in [1.82, 2.24) is 0 Å². The minimum atomic E-state index is -0.337. The van der Waals surface area contributed by atoms with Crippen molar-refractivity contribution in [1.29, 1.82) is 0 Å². The van der Waals surface area contributed by atoms with E-state index in [1.165, 1.54) is 11.8 Å².